The number of amides is 1. The van der Waals surface area contributed by atoms with Crippen molar-refractivity contribution in [2.45, 2.75) is 19.8 Å². The van der Waals surface area contributed by atoms with Crippen molar-refractivity contribution in [1.29, 1.82) is 0 Å². The van der Waals surface area contributed by atoms with Gasteiger partial charge in [-0.3, -0.25) is 4.79 Å². The van der Waals surface area contributed by atoms with E-state index in [0.717, 1.165) is 25.9 Å². The molecule has 0 aromatic carbocycles. The molecule has 4 nitrogen and oxygen atoms in total. The predicted octanol–water partition coefficient (Wildman–Crippen LogP) is 0.231. The van der Waals surface area contributed by atoms with Gasteiger partial charge in [0.25, 0.3) is 0 Å². The van der Waals surface area contributed by atoms with Crippen LogP contribution in [0.2, 0.25) is 0 Å². The molecule has 1 heterocycles. The average Bonchev–Trinajstić information content (AvgIpc) is 2.35. The number of carbonyl (C=O) groups is 1. The van der Waals surface area contributed by atoms with Gasteiger partial charge >= 0.3 is 0 Å². The lowest BCUT2D eigenvalue weighted by molar-refractivity contribution is -0.866. The lowest BCUT2D eigenvalue weighted by Gasteiger charge is -2.38. The Hall–Kier alpha value is -0.610. The highest BCUT2D eigenvalue weighted by atomic mass is 16.5. The number of nitrogens with one attached hydrogen (secondary N) is 1. The number of quaternary nitrogens is 1. The van der Waals surface area contributed by atoms with E-state index >= 15 is 0 Å². The normalized spacial score (nSPS) is 20.8. The highest BCUT2D eigenvalue weighted by Crippen LogP contribution is 2.15. The van der Waals surface area contributed by atoms with Crippen molar-refractivity contribution in [3.63, 3.8) is 0 Å². The van der Waals surface area contributed by atoms with Crippen molar-refractivity contribution < 1.29 is 9.44 Å². The smallest absolute Gasteiger partial charge is 0.217 e. The third-order valence-corrected chi connectivity index (χ3v) is 2.27. The molecule has 0 atom stereocenters. The third-order valence-electron chi connectivity index (χ3n) is 2.27. The number of rotatable bonds is 3. The van der Waals surface area contributed by atoms with Gasteiger partial charge in [-0.2, -0.15) is 0 Å². The summed E-state index contributed by atoms with van der Waals surface area (Å²) in [5.74, 6) is -0.0548. The van der Waals surface area contributed by atoms with Gasteiger partial charge in [0.15, 0.2) is 0 Å². The van der Waals surface area contributed by atoms with Crippen molar-refractivity contribution in [3.05, 3.63) is 5.21 Å². The number of hydroxylamine groups is 3. The molecule has 1 aliphatic heterocycles. The van der Waals surface area contributed by atoms with E-state index < -0.39 is 0 Å². The van der Waals surface area contributed by atoms with Crippen molar-refractivity contribution in [2.75, 3.05) is 26.2 Å². The molecule has 0 radical (unpaired) electrons. The van der Waals surface area contributed by atoms with Crippen LogP contribution < -0.4 is 5.32 Å². The Kier molecular flexibility index (Phi) is 3.05. The van der Waals surface area contributed by atoms with E-state index in [1.54, 1.807) is 0 Å². The predicted molar refractivity (Wildman–Crippen MR) is 46.1 cm³/mol. The van der Waals surface area contributed by atoms with Crippen LogP contribution in [-0.2, 0) is 4.79 Å². The summed E-state index contributed by atoms with van der Waals surface area (Å²) in [5.41, 5.74) is 0. The number of likely N-dealkylation sites (tertiary alicyclic amines) is 1. The molecular weight excluding hydrogens is 156 g/mol. The summed E-state index contributed by atoms with van der Waals surface area (Å²) in [7, 11) is 0. The number of nitrogens with zero attached hydrogens (tertiary/aromatic N) is 1. The fraction of sp³-hybridized carbons (Fsp3) is 0.875. The second-order valence-corrected chi connectivity index (χ2v) is 3.42. The Bertz CT molecular complexity index is 164. The monoisotopic (exact) mass is 172 g/mol. The molecule has 70 valence electrons. The van der Waals surface area contributed by atoms with Crippen molar-refractivity contribution >= 4 is 5.91 Å². The van der Waals surface area contributed by atoms with Gasteiger partial charge in [-0.25, -0.2) is 0 Å². The van der Waals surface area contributed by atoms with Crippen LogP contribution in [0.15, 0.2) is 0 Å². The number of carbonyl (C=O) groups excluding carboxylic acids is 1. The van der Waals surface area contributed by atoms with Crippen LogP contribution in [-0.4, -0.2) is 36.7 Å². The van der Waals surface area contributed by atoms with E-state index in [2.05, 4.69) is 5.32 Å². The summed E-state index contributed by atoms with van der Waals surface area (Å²) in [4.78, 5) is 10.5. The minimum atomic E-state index is -0.111. The largest absolute Gasteiger partial charge is 0.633 e. The van der Waals surface area contributed by atoms with Gasteiger partial charge in [-0.05, 0) is 0 Å². The Morgan fingerprint density at radius 1 is 1.50 bits per heavy atom. The van der Waals surface area contributed by atoms with Crippen molar-refractivity contribution in [2.24, 2.45) is 0 Å². The summed E-state index contributed by atoms with van der Waals surface area (Å²) in [5, 5.41) is 14.3. The molecule has 1 amide bonds. The molecule has 1 rings (SSSR count). The maximum absolute atomic E-state index is 11.7. The fourth-order valence-electron chi connectivity index (χ4n) is 1.57. The van der Waals surface area contributed by atoms with Crippen LogP contribution in [0.25, 0.3) is 0 Å². The fourth-order valence-corrected chi connectivity index (χ4v) is 1.57. The first-order valence-corrected chi connectivity index (χ1v) is 4.44. The first kappa shape index (κ1) is 9.48. The van der Waals surface area contributed by atoms with Gasteiger partial charge in [-0.1, -0.05) is 0 Å². The SMILES string of the molecule is CC(=O)NCC[N+]1([O-])CCCC1. The van der Waals surface area contributed by atoms with Gasteiger partial charge in [-0.15, -0.1) is 0 Å². The molecule has 12 heavy (non-hydrogen) atoms. The summed E-state index contributed by atoms with van der Waals surface area (Å²) >= 11 is 0. The molecule has 1 saturated heterocycles. The van der Waals surface area contributed by atoms with Crippen LogP contribution in [0, 0.1) is 5.21 Å². The first-order chi connectivity index (χ1) is 5.62. The Morgan fingerprint density at radius 2 is 2.08 bits per heavy atom. The van der Waals surface area contributed by atoms with Crippen LogP contribution in [0.5, 0.6) is 0 Å². The van der Waals surface area contributed by atoms with Crippen molar-refractivity contribution in [1.82, 2.24) is 5.32 Å². The average molecular weight is 172 g/mol. The van der Waals surface area contributed by atoms with Crippen LogP contribution in [0.1, 0.15) is 19.8 Å². The summed E-state index contributed by atoms with van der Waals surface area (Å²) in [6.45, 7) is 3.96. The molecule has 4 heteroatoms. The first-order valence-electron chi connectivity index (χ1n) is 4.44. The minimum absolute atomic E-state index is 0.0548. The van der Waals surface area contributed by atoms with Crippen molar-refractivity contribution in [3.8, 4) is 0 Å². The lowest BCUT2D eigenvalue weighted by atomic mass is 10.4. The second kappa shape index (κ2) is 3.87. The van der Waals surface area contributed by atoms with Crippen LogP contribution in [0.4, 0.5) is 0 Å². The summed E-state index contributed by atoms with van der Waals surface area (Å²) in [6, 6.07) is 0. The Labute approximate surface area is 72.7 Å². The van der Waals surface area contributed by atoms with E-state index in [1.807, 2.05) is 0 Å². The number of hydrogen-bond donors (Lipinski definition) is 1. The molecule has 0 aromatic heterocycles. The summed E-state index contributed by atoms with van der Waals surface area (Å²) in [6.07, 6.45) is 2.06. The molecule has 0 aliphatic carbocycles. The zero-order valence-corrected chi connectivity index (χ0v) is 7.51. The quantitative estimate of drug-likeness (QED) is 0.489. The minimum Gasteiger partial charge on any atom is -0.633 e. The zero-order chi connectivity index (χ0) is 9.03. The highest BCUT2D eigenvalue weighted by Gasteiger charge is 2.21. The molecule has 1 N–H and O–H groups in total. The molecule has 0 aromatic rings. The highest BCUT2D eigenvalue weighted by molar-refractivity contribution is 5.72. The van der Waals surface area contributed by atoms with E-state index in [-0.39, 0.29) is 10.6 Å². The van der Waals surface area contributed by atoms with E-state index in [4.69, 9.17) is 0 Å². The topological polar surface area (TPSA) is 52.2 Å². The number of hydrogen-bond acceptors (Lipinski definition) is 2. The van der Waals surface area contributed by atoms with Crippen LogP contribution in [0.3, 0.4) is 0 Å². The molecule has 0 unspecified atom stereocenters. The molecule has 1 aliphatic rings. The Morgan fingerprint density at radius 3 is 2.58 bits per heavy atom. The van der Waals surface area contributed by atoms with Crippen LogP contribution >= 0.6 is 0 Å². The van der Waals surface area contributed by atoms with E-state index in [0.29, 0.717) is 13.1 Å². The maximum Gasteiger partial charge on any atom is 0.217 e. The maximum atomic E-state index is 11.7. The molecule has 1 fully saturated rings. The van der Waals surface area contributed by atoms with Gasteiger partial charge in [0.2, 0.25) is 5.91 Å². The second-order valence-electron chi connectivity index (χ2n) is 3.42. The standard InChI is InChI=1S/C8H16N2O2/c1-8(11)9-4-7-10(12)5-2-3-6-10/h2-7H2,1H3,(H,9,11). The van der Waals surface area contributed by atoms with Gasteiger partial charge < -0.3 is 15.2 Å². The van der Waals surface area contributed by atoms with Gasteiger partial charge in [0.1, 0.15) is 0 Å². The molecule has 0 saturated carbocycles. The third kappa shape index (κ3) is 2.79. The summed E-state index contributed by atoms with van der Waals surface area (Å²) < 4.78 is -0.111. The zero-order valence-electron chi connectivity index (χ0n) is 7.51. The molecule has 0 bridgehead atoms. The van der Waals surface area contributed by atoms with E-state index in [1.165, 1.54) is 6.92 Å². The lowest BCUT2D eigenvalue weighted by Crippen LogP contribution is -2.44. The molecular formula is C8H16N2O2. The van der Waals surface area contributed by atoms with Gasteiger partial charge in [0.05, 0.1) is 26.2 Å². The van der Waals surface area contributed by atoms with Gasteiger partial charge in [0, 0.05) is 19.8 Å². The molecule has 0 spiro atoms. The van der Waals surface area contributed by atoms with E-state index in [9.17, 15) is 10.0 Å². The Balaban J connectivity index is 2.17.